The minimum absolute atomic E-state index is 0.00474. The Labute approximate surface area is 195 Å². The molecule has 3 rings (SSSR count). The second-order valence-corrected chi connectivity index (χ2v) is 8.47. The molecule has 0 atom stereocenters. The van der Waals surface area contributed by atoms with Crippen LogP contribution in [0, 0.1) is 0 Å². The van der Waals surface area contributed by atoms with Gasteiger partial charge < -0.3 is 15.5 Å². The van der Waals surface area contributed by atoms with Crippen LogP contribution in [-0.2, 0) is 11.3 Å². The van der Waals surface area contributed by atoms with Crippen molar-refractivity contribution in [3.8, 4) is 17.1 Å². The van der Waals surface area contributed by atoms with Crippen LogP contribution in [0.5, 0.6) is 5.75 Å². The summed E-state index contributed by atoms with van der Waals surface area (Å²) in [5.74, 6) is -1.05. The molecule has 0 fully saturated rings. The van der Waals surface area contributed by atoms with E-state index in [0.29, 0.717) is 28.8 Å². The quantitative estimate of drug-likeness (QED) is 0.290. The number of nitrogens with one attached hydrogen (secondary N) is 1. The number of aromatic hydroxyl groups is 1. The summed E-state index contributed by atoms with van der Waals surface area (Å²) in [4.78, 5) is 23.5. The smallest absolute Gasteiger partial charge is 0.337 e. The van der Waals surface area contributed by atoms with Crippen molar-refractivity contribution < 1.29 is 19.8 Å². The number of hydrogen-bond donors (Lipinski definition) is 3. The number of carboxylic acid groups (broad SMARTS) is 1. The van der Waals surface area contributed by atoms with Crippen molar-refractivity contribution in [2.24, 2.45) is 0 Å². The Kier molecular flexibility index (Phi) is 7.37. The van der Waals surface area contributed by atoms with Crippen molar-refractivity contribution in [3.63, 3.8) is 0 Å². The summed E-state index contributed by atoms with van der Waals surface area (Å²) in [7, 11) is 0. The number of anilines is 1. The second-order valence-electron chi connectivity index (χ2n) is 6.20. The number of amides is 1. The van der Waals surface area contributed by atoms with Gasteiger partial charge in [-0.15, -0.1) is 16.8 Å². The molecule has 0 unspecified atom stereocenters. The van der Waals surface area contributed by atoms with Crippen molar-refractivity contribution in [3.05, 3.63) is 64.1 Å². The lowest BCUT2D eigenvalue weighted by Crippen LogP contribution is -2.15. The number of phenolic OH excluding ortho intramolecular Hbond substituents is 1. The van der Waals surface area contributed by atoms with E-state index in [1.807, 2.05) is 0 Å². The maximum Gasteiger partial charge on any atom is 0.337 e. The summed E-state index contributed by atoms with van der Waals surface area (Å²) in [6.07, 6.45) is 1.66. The number of aromatic nitrogens is 3. The van der Waals surface area contributed by atoms with E-state index in [1.54, 1.807) is 28.8 Å². The fraction of sp³-hybridized carbons (Fsp3) is 0.100. The zero-order valence-electron chi connectivity index (χ0n) is 15.9. The van der Waals surface area contributed by atoms with Gasteiger partial charge in [0.15, 0.2) is 11.0 Å². The lowest BCUT2D eigenvalue weighted by atomic mass is 10.2. The van der Waals surface area contributed by atoms with E-state index in [0.717, 1.165) is 16.2 Å². The number of halogens is 2. The first-order valence-electron chi connectivity index (χ1n) is 8.78. The SMILES string of the molecule is C=CCn1c(SCC(=O)Nc2ccc(Cl)c(C(=O)O)c2)nnc1-c1cc(Br)ccc1O. The lowest BCUT2D eigenvalue weighted by Gasteiger charge is -2.10. The van der Waals surface area contributed by atoms with E-state index in [9.17, 15) is 14.7 Å². The average Bonchev–Trinajstić information content (AvgIpc) is 3.12. The number of carbonyl (C=O) groups is 2. The van der Waals surface area contributed by atoms with Crippen LogP contribution in [0.4, 0.5) is 5.69 Å². The zero-order chi connectivity index (χ0) is 22.5. The Morgan fingerprint density at radius 3 is 2.74 bits per heavy atom. The van der Waals surface area contributed by atoms with Crippen LogP contribution in [0.2, 0.25) is 5.02 Å². The molecule has 0 bridgehead atoms. The lowest BCUT2D eigenvalue weighted by molar-refractivity contribution is -0.113. The summed E-state index contributed by atoms with van der Waals surface area (Å²) in [6.45, 7) is 4.11. The first-order chi connectivity index (χ1) is 14.8. The topological polar surface area (TPSA) is 117 Å². The molecule has 3 aromatic rings. The van der Waals surface area contributed by atoms with Crippen molar-refractivity contribution in [1.29, 1.82) is 0 Å². The fourth-order valence-electron chi connectivity index (χ4n) is 2.67. The van der Waals surface area contributed by atoms with E-state index >= 15 is 0 Å². The highest BCUT2D eigenvalue weighted by atomic mass is 79.9. The number of thioether (sulfide) groups is 1. The van der Waals surface area contributed by atoms with Crippen LogP contribution >= 0.6 is 39.3 Å². The summed E-state index contributed by atoms with van der Waals surface area (Å²) in [5.41, 5.74) is 0.707. The largest absolute Gasteiger partial charge is 0.507 e. The van der Waals surface area contributed by atoms with Gasteiger partial charge in [-0.1, -0.05) is 45.4 Å². The first-order valence-corrected chi connectivity index (χ1v) is 10.9. The molecule has 0 radical (unpaired) electrons. The molecule has 3 N–H and O–H groups in total. The number of phenols is 1. The maximum atomic E-state index is 12.4. The van der Waals surface area contributed by atoms with Gasteiger partial charge in [-0.2, -0.15) is 0 Å². The summed E-state index contributed by atoms with van der Waals surface area (Å²) >= 11 is 10.4. The van der Waals surface area contributed by atoms with E-state index in [1.165, 1.54) is 18.2 Å². The minimum Gasteiger partial charge on any atom is -0.507 e. The second kappa shape index (κ2) is 9.99. The van der Waals surface area contributed by atoms with Gasteiger partial charge in [-0.25, -0.2) is 4.79 Å². The molecule has 11 heteroatoms. The van der Waals surface area contributed by atoms with Crippen LogP contribution in [0.1, 0.15) is 10.4 Å². The highest BCUT2D eigenvalue weighted by molar-refractivity contribution is 9.10. The van der Waals surface area contributed by atoms with Crippen LogP contribution in [0.15, 0.2) is 58.7 Å². The zero-order valence-corrected chi connectivity index (χ0v) is 19.0. The van der Waals surface area contributed by atoms with Crippen molar-refractivity contribution in [2.75, 3.05) is 11.1 Å². The van der Waals surface area contributed by atoms with E-state index < -0.39 is 5.97 Å². The third kappa shape index (κ3) is 5.46. The number of rotatable bonds is 8. The maximum absolute atomic E-state index is 12.4. The van der Waals surface area contributed by atoms with Gasteiger partial charge in [-0.3, -0.25) is 9.36 Å². The van der Waals surface area contributed by atoms with Gasteiger partial charge in [0.2, 0.25) is 5.91 Å². The predicted molar refractivity (Wildman–Crippen MR) is 123 cm³/mol. The molecule has 1 aromatic heterocycles. The number of carboxylic acids is 1. The average molecular weight is 524 g/mol. The highest BCUT2D eigenvalue weighted by Crippen LogP contribution is 2.32. The molecule has 2 aromatic carbocycles. The minimum atomic E-state index is -1.18. The summed E-state index contributed by atoms with van der Waals surface area (Å²) < 4.78 is 2.50. The summed E-state index contributed by atoms with van der Waals surface area (Å²) in [5, 5.41) is 30.8. The highest BCUT2D eigenvalue weighted by Gasteiger charge is 2.18. The molecule has 1 heterocycles. The monoisotopic (exact) mass is 522 g/mol. The molecular weight excluding hydrogens is 508 g/mol. The Bertz CT molecular complexity index is 1170. The molecule has 8 nitrogen and oxygen atoms in total. The molecule has 0 aliphatic carbocycles. The summed E-state index contributed by atoms with van der Waals surface area (Å²) in [6, 6.07) is 9.20. The number of benzene rings is 2. The first kappa shape index (κ1) is 22.9. The van der Waals surface area contributed by atoms with E-state index in [-0.39, 0.29) is 28.0 Å². The third-order valence-electron chi connectivity index (χ3n) is 4.04. The van der Waals surface area contributed by atoms with Crippen LogP contribution < -0.4 is 5.32 Å². The van der Waals surface area contributed by atoms with Crippen molar-refractivity contribution in [2.45, 2.75) is 11.7 Å². The number of carbonyl (C=O) groups excluding carboxylic acids is 1. The molecule has 0 saturated heterocycles. The Hall–Kier alpha value is -2.82. The molecular formula is C20H16BrClN4O4S. The molecule has 0 aliphatic heterocycles. The molecule has 1 amide bonds. The van der Waals surface area contributed by atoms with Gasteiger partial charge in [0.25, 0.3) is 0 Å². The number of nitrogens with zero attached hydrogens (tertiary/aromatic N) is 3. The normalized spacial score (nSPS) is 10.6. The predicted octanol–water partition coefficient (Wildman–Crippen LogP) is 4.68. The van der Waals surface area contributed by atoms with E-state index in [2.05, 4.69) is 38.0 Å². The number of allylic oxidation sites excluding steroid dienone is 1. The molecule has 0 spiro atoms. The molecule has 31 heavy (non-hydrogen) atoms. The van der Waals surface area contributed by atoms with Crippen LogP contribution in [-0.4, -0.2) is 42.6 Å². The van der Waals surface area contributed by atoms with Crippen molar-refractivity contribution >= 4 is 56.9 Å². The van der Waals surface area contributed by atoms with Crippen molar-refractivity contribution in [1.82, 2.24) is 14.8 Å². The Balaban J connectivity index is 1.76. The van der Waals surface area contributed by atoms with Gasteiger partial charge in [0.1, 0.15) is 5.75 Å². The van der Waals surface area contributed by atoms with E-state index in [4.69, 9.17) is 16.7 Å². The van der Waals surface area contributed by atoms with Crippen LogP contribution in [0.3, 0.4) is 0 Å². The number of aromatic carboxylic acids is 1. The molecule has 160 valence electrons. The van der Waals surface area contributed by atoms with Gasteiger partial charge in [0.05, 0.1) is 21.9 Å². The van der Waals surface area contributed by atoms with Gasteiger partial charge in [0, 0.05) is 16.7 Å². The number of hydrogen-bond acceptors (Lipinski definition) is 6. The fourth-order valence-corrected chi connectivity index (χ4v) is 3.98. The Morgan fingerprint density at radius 1 is 1.26 bits per heavy atom. The van der Waals surface area contributed by atoms with Gasteiger partial charge in [-0.05, 0) is 36.4 Å². The standard InChI is InChI=1S/C20H16BrClN4O4S/c1-2-7-26-18(14-8-11(21)3-6-16(14)27)24-25-20(26)31-10-17(28)23-12-4-5-15(22)13(9-12)19(29)30/h2-6,8-9,27H,1,7,10H2,(H,23,28)(H,29,30). The molecule has 0 saturated carbocycles. The third-order valence-corrected chi connectivity index (χ3v) is 5.83. The van der Waals surface area contributed by atoms with Crippen LogP contribution in [0.25, 0.3) is 11.4 Å². The van der Waals surface area contributed by atoms with Gasteiger partial charge >= 0.3 is 5.97 Å². The molecule has 0 aliphatic rings. The Morgan fingerprint density at radius 2 is 2.03 bits per heavy atom.